The third kappa shape index (κ3) is 1.20. The lowest BCUT2D eigenvalue weighted by Crippen LogP contribution is -2.34. The summed E-state index contributed by atoms with van der Waals surface area (Å²) in [5.74, 6) is 0.624. The molecule has 0 N–H and O–H groups in total. The van der Waals surface area contributed by atoms with Crippen LogP contribution in [-0.4, -0.2) is 17.0 Å². The van der Waals surface area contributed by atoms with Crippen molar-refractivity contribution in [1.29, 1.82) is 0 Å². The van der Waals surface area contributed by atoms with Gasteiger partial charge in [-0.15, -0.1) is 0 Å². The van der Waals surface area contributed by atoms with Crippen LogP contribution in [0.1, 0.15) is 38.2 Å². The molecular formula is C14H16O2. The molecule has 2 bridgehead atoms. The van der Waals surface area contributed by atoms with E-state index in [1.165, 1.54) is 5.56 Å². The number of fused-ring (bicyclic) bond motifs is 2. The van der Waals surface area contributed by atoms with Crippen LogP contribution >= 0.6 is 0 Å². The highest BCUT2D eigenvalue weighted by Gasteiger charge is 2.61. The summed E-state index contributed by atoms with van der Waals surface area (Å²) in [5, 5.41) is 0. The first-order chi connectivity index (χ1) is 7.54. The number of carbonyl (C=O) groups is 1. The standard InChI is InChI=1S/C14H16O2/c1-13-9-12(15)14(2,16-13)8-11(13)10-6-4-3-5-7-10/h3-7,11H,8-9H2,1-2H3/t11-,13+,14+/m0/s1. The highest BCUT2D eigenvalue weighted by Crippen LogP contribution is 2.55. The number of Topliss-reactive ketones (excluding diaryl/α,β-unsaturated/α-hetero) is 1. The van der Waals surface area contributed by atoms with Crippen molar-refractivity contribution in [2.75, 3.05) is 0 Å². The maximum absolute atomic E-state index is 11.8. The van der Waals surface area contributed by atoms with Crippen LogP contribution in [-0.2, 0) is 9.53 Å². The van der Waals surface area contributed by atoms with Crippen molar-refractivity contribution in [3.8, 4) is 0 Å². The van der Waals surface area contributed by atoms with E-state index < -0.39 is 5.60 Å². The van der Waals surface area contributed by atoms with E-state index in [0.717, 1.165) is 6.42 Å². The number of hydrogen-bond donors (Lipinski definition) is 0. The summed E-state index contributed by atoms with van der Waals surface area (Å²) < 4.78 is 5.98. The zero-order valence-electron chi connectivity index (χ0n) is 9.69. The summed E-state index contributed by atoms with van der Waals surface area (Å²) in [6.45, 7) is 4.00. The molecule has 84 valence electrons. The van der Waals surface area contributed by atoms with Crippen LogP contribution in [0.15, 0.2) is 30.3 Å². The largest absolute Gasteiger partial charge is 0.360 e. The Morgan fingerprint density at radius 1 is 1.25 bits per heavy atom. The first-order valence-corrected chi connectivity index (χ1v) is 5.82. The van der Waals surface area contributed by atoms with E-state index in [4.69, 9.17) is 4.74 Å². The average molecular weight is 216 g/mol. The van der Waals surface area contributed by atoms with Gasteiger partial charge in [0.1, 0.15) is 5.60 Å². The van der Waals surface area contributed by atoms with E-state index >= 15 is 0 Å². The molecule has 3 rings (SSSR count). The third-order valence-corrected chi connectivity index (χ3v) is 4.09. The Labute approximate surface area is 95.6 Å². The van der Waals surface area contributed by atoms with Crippen molar-refractivity contribution in [2.45, 2.75) is 43.8 Å². The van der Waals surface area contributed by atoms with Gasteiger partial charge < -0.3 is 4.74 Å². The summed E-state index contributed by atoms with van der Waals surface area (Å²) in [4.78, 5) is 11.8. The van der Waals surface area contributed by atoms with Crippen LogP contribution in [0, 0.1) is 0 Å². The lowest BCUT2D eigenvalue weighted by atomic mass is 9.72. The highest BCUT2D eigenvalue weighted by atomic mass is 16.5. The molecule has 0 saturated carbocycles. The fourth-order valence-electron chi connectivity index (χ4n) is 3.22. The van der Waals surface area contributed by atoms with Gasteiger partial charge in [0.05, 0.1) is 5.60 Å². The molecule has 0 radical (unpaired) electrons. The first-order valence-electron chi connectivity index (χ1n) is 5.82. The van der Waals surface area contributed by atoms with E-state index in [9.17, 15) is 4.79 Å². The molecule has 1 aromatic carbocycles. The Morgan fingerprint density at radius 2 is 1.94 bits per heavy atom. The first kappa shape index (κ1) is 10.0. The summed E-state index contributed by atoms with van der Waals surface area (Å²) >= 11 is 0. The molecule has 2 fully saturated rings. The quantitative estimate of drug-likeness (QED) is 0.721. The van der Waals surface area contributed by atoms with E-state index in [-0.39, 0.29) is 11.4 Å². The van der Waals surface area contributed by atoms with Gasteiger partial charge in [-0.05, 0) is 25.8 Å². The molecule has 0 amide bonds. The average Bonchev–Trinajstić information content (AvgIpc) is 2.64. The number of carbonyl (C=O) groups excluding carboxylic acids is 1. The van der Waals surface area contributed by atoms with Gasteiger partial charge in [0.15, 0.2) is 5.78 Å². The smallest absolute Gasteiger partial charge is 0.167 e. The molecule has 0 unspecified atom stereocenters. The molecule has 2 heterocycles. The molecule has 0 aromatic heterocycles. The molecule has 16 heavy (non-hydrogen) atoms. The summed E-state index contributed by atoms with van der Waals surface area (Å²) in [6, 6.07) is 10.4. The summed E-state index contributed by atoms with van der Waals surface area (Å²) in [5.41, 5.74) is 0.476. The topological polar surface area (TPSA) is 26.3 Å². The van der Waals surface area contributed by atoms with Crippen LogP contribution in [0.25, 0.3) is 0 Å². The minimum absolute atomic E-state index is 0.266. The highest BCUT2D eigenvalue weighted by molar-refractivity contribution is 5.91. The SMILES string of the molecule is C[C@@]12C[C@@H](c3ccccc3)[C@@](C)(CC1=O)O2. The minimum atomic E-state index is -0.532. The summed E-state index contributed by atoms with van der Waals surface area (Å²) in [7, 11) is 0. The molecule has 2 saturated heterocycles. The van der Waals surface area contributed by atoms with Gasteiger partial charge in [0.25, 0.3) is 0 Å². The monoisotopic (exact) mass is 216 g/mol. The normalized spacial score (nSPS) is 41.6. The van der Waals surface area contributed by atoms with Gasteiger partial charge in [0, 0.05) is 12.3 Å². The van der Waals surface area contributed by atoms with Gasteiger partial charge in [-0.25, -0.2) is 0 Å². The molecule has 0 spiro atoms. The molecule has 3 atom stereocenters. The van der Waals surface area contributed by atoms with Crippen molar-refractivity contribution < 1.29 is 9.53 Å². The molecule has 2 nitrogen and oxygen atoms in total. The number of ether oxygens (including phenoxy) is 1. The fourth-order valence-corrected chi connectivity index (χ4v) is 3.22. The predicted molar refractivity (Wildman–Crippen MR) is 61.3 cm³/mol. The zero-order chi connectivity index (χ0) is 11.4. The molecule has 1 aromatic rings. The van der Waals surface area contributed by atoms with E-state index in [1.807, 2.05) is 13.0 Å². The van der Waals surface area contributed by atoms with Crippen molar-refractivity contribution in [2.24, 2.45) is 0 Å². The number of ketones is 1. The second-order valence-electron chi connectivity index (χ2n) is 5.41. The second kappa shape index (κ2) is 2.95. The van der Waals surface area contributed by atoms with Crippen molar-refractivity contribution >= 4 is 5.78 Å². The zero-order valence-corrected chi connectivity index (χ0v) is 9.69. The Balaban J connectivity index is 2.00. The van der Waals surface area contributed by atoms with Gasteiger partial charge in [-0.3, -0.25) is 4.79 Å². The summed E-state index contributed by atoms with van der Waals surface area (Å²) in [6.07, 6.45) is 1.38. The van der Waals surface area contributed by atoms with Crippen molar-refractivity contribution in [1.82, 2.24) is 0 Å². The Kier molecular flexibility index (Phi) is 1.85. The second-order valence-corrected chi connectivity index (χ2v) is 5.41. The third-order valence-electron chi connectivity index (χ3n) is 4.09. The predicted octanol–water partition coefficient (Wildman–Crippen LogP) is 2.68. The maximum atomic E-state index is 11.8. The van der Waals surface area contributed by atoms with Crippen LogP contribution in [0.4, 0.5) is 0 Å². The molecular weight excluding hydrogens is 200 g/mol. The fraction of sp³-hybridized carbons (Fsp3) is 0.500. The molecule has 2 heteroatoms. The maximum Gasteiger partial charge on any atom is 0.167 e. The van der Waals surface area contributed by atoms with Crippen molar-refractivity contribution in [3.63, 3.8) is 0 Å². The van der Waals surface area contributed by atoms with Crippen molar-refractivity contribution in [3.05, 3.63) is 35.9 Å². The van der Waals surface area contributed by atoms with Gasteiger partial charge in [-0.2, -0.15) is 0 Å². The number of rotatable bonds is 1. The molecule has 2 aliphatic rings. The van der Waals surface area contributed by atoms with Gasteiger partial charge in [-0.1, -0.05) is 30.3 Å². The van der Waals surface area contributed by atoms with Gasteiger partial charge >= 0.3 is 0 Å². The number of benzene rings is 1. The number of hydrogen-bond acceptors (Lipinski definition) is 2. The Morgan fingerprint density at radius 3 is 2.44 bits per heavy atom. The Hall–Kier alpha value is -1.15. The minimum Gasteiger partial charge on any atom is -0.360 e. The molecule has 0 aliphatic carbocycles. The van der Waals surface area contributed by atoms with Crippen LogP contribution < -0.4 is 0 Å². The van der Waals surface area contributed by atoms with Crippen LogP contribution in [0.5, 0.6) is 0 Å². The van der Waals surface area contributed by atoms with E-state index in [0.29, 0.717) is 12.3 Å². The van der Waals surface area contributed by atoms with Crippen LogP contribution in [0.3, 0.4) is 0 Å². The van der Waals surface area contributed by atoms with E-state index in [1.54, 1.807) is 0 Å². The van der Waals surface area contributed by atoms with Gasteiger partial charge in [0.2, 0.25) is 0 Å². The molecule has 2 aliphatic heterocycles. The van der Waals surface area contributed by atoms with Crippen LogP contribution in [0.2, 0.25) is 0 Å². The van der Waals surface area contributed by atoms with E-state index in [2.05, 4.69) is 31.2 Å². The lowest BCUT2D eigenvalue weighted by Gasteiger charge is -2.28. The lowest BCUT2D eigenvalue weighted by molar-refractivity contribution is -0.129. The Bertz CT molecular complexity index is 439.